The minimum absolute atomic E-state index is 0.107. The topological polar surface area (TPSA) is 62.6 Å². The summed E-state index contributed by atoms with van der Waals surface area (Å²) in [5, 5.41) is 9.16. The molecule has 1 fully saturated rings. The molecule has 0 spiro atoms. The Labute approximate surface area is 125 Å². The first-order chi connectivity index (χ1) is 10.0. The first-order valence-electron chi connectivity index (χ1n) is 6.96. The minimum atomic E-state index is -0.332. The highest BCUT2D eigenvalue weighted by molar-refractivity contribution is 5.99. The molecular weight excluding hydrogens is 268 g/mol. The Morgan fingerprint density at radius 3 is 2.19 bits per heavy atom. The fourth-order valence-electron chi connectivity index (χ4n) is 2.54. The molecule has 21 heavy (non-hydrogen) atoms. The van der Waals surface area contributed by atoms with Crippen LogP contribution in [0.1, 0.15) is 30.1 Å². The van der Waals surface area contributed by atoms with Crippen LogP contribution in [0.3, 0.4) is 0 Å². The third-order valence-electron chi connectivity index (χ3n) is 4.07. The zero-order valence-electron chi connectivity index (χ0n) is 12.7. The Morgan fingerprint density at radius 1 is 1.24 bits per heavy atom. The summed E-state index contributed by atoms with van der Waals surface area (Å²) in [5.41, 5.74) is 0.116. The van der Waals surface area contributed by atoms with Gasteiger partial charge in [0.1, 0.15) is 17.1 Å². The molecule has 1 amide bonds. The third kappa shape index (κ3) is 2.94. The fraction of sp³-hybridized carbons (Fsp3) is 0.500. The number of benzene rings is 1. The maximum atomic E-state index is 12.7. The number of nitriles is 1. The molecule has 0 unspecified atom stereocenters. The number of carbonyl (C=O) groups excluding carboxylic acids is 1. The van der Waals surface area contributed by atoms with Crippen molar-refractivity contribution in [1.29, 1.82) is 5.26 Å². The van der Waals surface area contributed by atoms with E-state index in [-0.39, 0.29) is 11.3 Å². The number of ether oxygens (including phenoxy) is 2. The van der Waals surface area contributed by atoms with Crippen molar-refractivity contribution in [1.82, 2.24) is 4.90 Å². The van der Waals surface area contributed by atoms with Gasteiger partial charge >= 0.3 is 0 Å². The lowest BCUT2D eigenvalue weighted by molar-refractivity contribution is 0.0655. The van der Waals surface area contributed by atoms with E-state index in [9.17, 15) is 4.79 Å². The molecule has 0 radical (unpaired) electrons. The highest BCUT2D eigenvalue weighted by Gasteiger charge is 2.33. The fourth-order valence-corrected chi connectivity index (χ4v) is 2.54. The molecule has 5 heteroatoms. The van der Waals surface area contributed by atoms with Crippen molar-refractivity contribution < 1.29 is 14.3 Å². The Kier molecular flexibility index (Phi) is 4.37. The summed E-state index contributed by atoms with van der Waals surface area (Å²) in [6.07, 6.45) is 1.37. The van der Waals surface area contributed by atoms with Gasteiger partial charge in [-0.3, -0.25) is 4.79 Å². The number of carbonyl (C=O) groups is 1. The normalized spacial score (nSPS) is 17.0. The van der Waals surface area contributed by atoms with E-state index in [4.69, 9.17) is 14.7 Å². The molecule has 1 aromatic rings. The second kappa shape index (κ2) is 6.04. The van der Waals surface area contributed by atoms with Crippen LogP contribution in [-0.4, -0.2) is 38.1 Å². The number of likely N-dealkylation sites (tertiary alicyclic amines) is 1. The molecule has 1 aliphatic heterocycles. The minimum Gasteiger partial charge on any atom is -0.496 e. The van der Waals surface area contributed by atoms with Crippen molar-refractivity contribution in [2.75, 3.05) is 27.3 Å². The SMILES string of the molecule is COc1cccc(OC)c1C(=O)N1CCC(C)(C#N)CC1. The van der Waals surface area contributed by atoms with Crippen molar-refractivity contribution in [3.05, 3.63) is 23.8 Å². The van der Waals surface area contributed by atoms with Gasteiger partial charge in [0, 0.05) is 13.1 Å². The van der Waals surface area contributed by atoms with Crippen molar-refractivity contribution >= 4 is 5.91 Å². The Bertz CT molecular complexity index is 547. The van der Waals surface area contributed by atoms with E-state index in [1.165, 1.54) is 14.2 Å². The Balaban J connectivity index is 2.24. The highest BCUT2D eigenvalue weighted by Crippen LogP contribution is 2.34. The third-order valence-corrected chi connectivity index (χ3v) is 4.07. The molecule has 0 atom stereocenters. The van der Waals surface area contributed by atoms with Gasteiger partial charge in [-0.1, -0.05) is 6.07 Å². The number of rotatable bonds is 3. The van der Waals surface area contributed by atoms with E-state index in [1.54, 1.807) is 23.1 Å². The molecular formula is C16H20N2O3. The first kappa shape index (κ1) is 15.2. The van der Waals surface area contributed by atoms with Crippen LogP contribution in [0.4, 0.5) is 0 Å². The average Bonchev–Trinajstić information content (AvgIpc) is 2.54. The summed E-state index contributed by atoms with van der Waals surface area (Å²) in [7, 11) is 3.07. The standard InChI is InChI=1S/C16H20N2O3/c1-16(11-17)7-9-18(10-8-16)15(19)14-12(20-2)5-4-6-13(14)21-3/h4-6H,7-10H2,1-3H3. The van der Waals surface area contributed by atoms with E-state index >= 15 is 0 Å². The van der Waals surface area contributed by atoms with Crippen molar-refractivity contribution in [3.63, 3.8) is 0 Å². The highest BCUT2D eigenvalue weighted by atomic mass is 16.5. The monoisotopic (exact) mass is 288 g/mol. The number of nitrogens with zero attached hydrogens (tertiary/aromatic N) is 2. The second-order valence-corrected chi connectivity index (χ2v) is 5.50. The summed E-state index contributed by atoms with van der Waals surface area (Å²) in [6.45, 7) is 3.09. The lowest BCUT2D eigenvalue weighted by Gasteiger charge is -2.35. The average molecular weight is 288 g/mol. The number of hydrogen-bond donors (Lipinski definition) is 0. The van der Waals surface area contributed by atoms with Crippen molar-refractivity contribution in [2.24, 2.45) is 5.41 Å². The lowest BCUT2D eigenvalue weighted by Crippen LogP contribution is -2.41. The molecule has 5 nitrogen and oxygen atoms in total. The van der Waals surface area contributed by atoms with Gasteiger partial charge in [-0.2, -0.15) is 5.26 Å². The van der Waals surface area contributed by atoms with Crippen LogP contribution >= 0.6 is 0 Å². The van der Waals surface area contributed by atoms with E-state index in [0.29, 0.717) is 43.0 Å². The molecule has 2 rings (SSSR count). The van der Waals surface area contributed by atoms with Gasteiger partial charge < -0.3 is 14.4 Å². The van der Waals surface area contributed by atoms with Crippen molar-refractivity contribution in [3.8, 4) is 17.6 Å². The molecule has 0 N–H and O–H groups in total. The van der Waals surface area contributed by atoms with Crippen LogP contribution in [0, 0.1) is 16.7 Å². The molecule has 0 aromatic heterocycles. The largest absolute Gasteiger partial charge is 0.496 e. The Hall–Kier alpha value is -2.22. The van der Waals surface area contributed by atoms with E-state index in [0.717, 1.165) is 0 Å². The molecule has 112 valence electrons. The van der Waals surface area contributed by atoms with Gasteiger partial charge in [0.25, 0.3) is 5.91 Å². The summed E-state index contributed by atoms with van der Waals surface area (Å²) in [5.74, 6) is 0.908. The summed E-state index contributed by atoms with van der Waals surface area (Å²) in [6, 6.07) is 7.62. The van der Waals surface area contributed by atoms with Gasteiger partial charge in [-0.05, 0) is 31.9 Å². The van der Waals surface area contributed by atoms with Crippen LogP contribution in [0.5, 0.6) is 11.5 Å². The molecule has 0 aliphatic carbocycles. The quantitative estimate of drug-likeness (QED) is 0.857. The summed E-state index contributed by atoms with van der Waals surface area (Å²) < 4.78 is 10.6. The Morgan fingerprint density at radius 2 is 1.76 bits per heavy atom. The summed E-state index contributed by atoms with van der Waals surface area (Å²) in [4.78, 5) is 14.5. The van der Waals surface area contributed by atoms with Gasteiger partial charge in [0.05, 0.1) is 25.7 Å². The number of amides is 1. The van der Waals surface area contributed by atoms with Gasteiger partial charge in [0.2, 0.25) is 0 Å². The van der Waals surface area contributed by atoms with Crippen molar-refractivity contribution in [2.45, 2.75) is 19.8 Å². The predicted molar refractivity (Wildman–Crippen MR) is 78.4 cm³/mol. The van der Waals surface area contributed by atoms with Gasteiger partial charge in [-0.25, -0.2) is 0 Å². The van der Waals surface area contributed by atoms with E-state index in [2.05, 4.69) is 6.07 Å². The van der Waals surface area contributed by atoms with Crippen LogP contribution < -0.4 is 9.47 Å². The lowest BCUT2D eigenvalue weighted by atomic mass is 9.82. The molecule has 0 bridgehead atoms. The molecule has 1 aromatic carbocycles. The van der Waals surface area contributed by atoms with Crippen LogP contribution in [0.2, 0.25) is 0 Å². The van der Waals surface area contributed by atoms with Gasteiger partial charge in [-0.15, -0.1) is 0 Å². The summed E-state index contributed by atoms with van der Waals surface area (Å²) >= 11 is 0. The van der Waals surface area contributed by atoms with E-state index in [1.807, 2.05) is 6.92 Å². The number of methoxy groups -OCH3 is 2. The van der Waals surface area contributed by atoms with E-state index < -0.39 is 0 Å². The number of piperidine rings is 1. The smallest absolute Gasteiger partial charge is 0.261 e. The van der Waals surface area contributed by atoms with Gasteiger partial charge in [0.15, 0.2) is 0 Å². The van der Waals surface area contributed by atoms with Crippen LogP contribution in [-0.2, 0) is 0 Å². The maximum Gasteiger partial charge on any atom is 0.261 e. The number of hydrogen-bond acceptors (Lipinski definition) is 4. The zero-order chi connectivity index (χ0) is 15.5. The predicted octanol–water partition coefficient (Wildman–Crippen LogP) is 2.47. The molecule has 1 aliphatic rings. The second-order valence-electron chi connectivity index (χ2n) is 5.50. The molecule has 0 saturated carbocycles. The van der Waals surface area contributed by atoms with Crippen LogP contribution in [0.25, 0.3) is 0 Å². The van der Waals surface area contributed by atoms with Crippen LogP contribution in [0.15, 0.2) is 18.2 Å². The molecule has 1 heterocycles. The maximum absolute atomic E-state index is 12.7. The zero-order valence-corrected chi connectivity index (χ0v) is 12.7. The first-order valence-corrected chi connectivity index (χ1v) is 6.96. The molecule has 1 saturated heterocycles.